The summed E-state index contributed by atoms with van der Waals surface area (Å²) in [6, 6.07) is 0. The van der Waals surface area contributed by atoms with Gasteiger partial charge in [-0.25, -0.2) is 4.79 Å². The van der Waals surface area contributed by atoms with Crippen molar-refractivity contribution in [3.63, 3.8) is 0 Å². The molecule has 0 aromatic rings. The van der Waals surface area contributed by atoms with Gasteiger partial charge in [-0.2, -0.15) is 0 Å². The van der Waals surface area contributed by atoms with Crippen LogP contribution in [0.25, 0.3) is 0 Å². The topological polar surface area (TPSA) is 69.7 Å². The van der Waals surface area contributed by atoms with Crippen molar-refractivity contribution in [1.29, 1.82) is 0 Å². The number of hydrogen-bond donors (Lipinski definition) is 0. The van der Waals surface area contributed by atoms with Crippen LogP contribution in [0.5, 0.6) is 0 Å². The lowest BCUT2D eigenvalue weighted by molar-refractivity contribution is -0.160. The fraction of sp³-hybridized carbons (Fsp3) is 0.783. The van der Waals surface area contributed by atoms with Crippen molar-refractivity contribution in [2.24, 2.45) is 16.7 Å². The highest BCUT2D eigenvalue weighted by Crippen LogP contribution is 2.56. The molecule has 0 radical (unpaired) electrons. The molecule has 2 aliphatic rings. The Labute approximate surface area is 176 Å². The van der Waals surface area contributed by atoms with Gasteiger partial charge in [0, 0.05) is 23.3 Å². The zero-order chi connectivity index (χ0) is 22.4. The molecule has 2 atom stereocenters. The number of ketones is 2. The van der Waals surface area contributed by atoms with Gasteiger partial charge in [-0.15, -0.1) is 0 Å². The summed E-state index contributed by atoms with van der Waals surface area (Å²) in [4.78, 5) is 39.5. The first kappa shape index (κ1) is 24.0. The number of rotatable bonds is 7. The molecule has 0 amide bonds. The number of methoxy groups -OCH3 is 1. The number of hydrogen-bond acceptors (Lipinski definition) is 5. The quantitative estimate of drug-likeness (QED) is 0.333. The Hall–Kier alpha value is -1.27. The third kappa shape index (κ3) is 3.36. The summed E-state index contributed by atoms with van der Waals surface area (Å²) in [5.41, 5.74) is -0.865. The van der Waals surface area contributed by atoms with Crippen molar-refractivity contribution in [3.05, 3.63) is 11.6 Å². The van der Waals surface area contributed by atoms with E-state index < -0.39 is 31.0 Å². The van der Waals surface area contributed by atoms with E-state index in [1.54, 1.807) is 6.08 Å². The first-order valence-electron chi connectivity index (χ1n) is 10.8. The van der Waals surface area contributed by atoms with Crippen LogP contribution in [0.3, 0.4) is 0 Å². The van der Waals surface area contributed by atoms with E-state index in [4.69, 9.17) is 9.16 Å². The van der Waals surface area contributed by atoms with Crippen LogP contribution in [0.2, 0.25) is 16.6 Å². The molecular formula is C23H38O5Si. The van der Waals surface area contributed by atoms with Crippen LogP contribution < -0.4 is 0 Å². The van der Waals surface area contributed by atoms with Crippen molar-refractivity contribution in [3.8, 4) is 0 Å². The summed E-state index contributed by atoms with van der Waals surface area (Å²) in [6.45, 7) is 16.8. The maximum Gasteiger partial charge on any atom is 0.334 e. The van der Waals surface area contributed by atoms with Gasteiger partial charge in [0.1, 0.15) is 11.2 Å². The fourth-order valence-electron chi connectivity index (χ4n) is 6.04. The average molecular weight is 423 g/mol. The van der Waals surface area contributed by atoms with Gasteiger partial charge in [-0.3, -0.25) is 9.59 Å². The van der Waals surface area contributed by atoms with Crippen molar-refractivity contribution in [1.82, 2.24) is 0 Å². The number of allylic oxidation sites excluding steroid dienone is 1. The summed E-state index contributed by atoms with van der Waals surface area (Å²) in [5, 5.41) is 0. The molecule has 0 heterocycles. The molecule has 2 rings (SSSR count). The van der Waals surface area contributed by atoms with E-state index in [0.717, 1.165) is 0 Å². The summed E-state index contributed by atoms with van der Waals surface area (Å²) in [7, 11) is -0.954. The highest BCUT2D eigenvalue weighted by molar-refractivity contribution is 6.77. The standard InChI is InChI=1S/C23H38O5Si/c1-14(2)29(15(3)4,16(5)6)28-13-23-19(24)11-10-17(20(23)25)12-18(21(26)27-9)22(23,7)8/h12,14-17H,10-11,13H2,1-9H3/t17-,23-/m0/s1. The minimum Gasteiger partial charge on any atom is -0.466 e. The van der Waals surface area contributed by atoms with Gasteiger partial charge in [-0.05, 0) is 23.0 Å². The number of Topliss-reactive ketones (excluding diaryl/α,β-unsaturated/α-hetero) is 2. The van der Waals surface area contributed by atoms with Crippen LogP contribution in [-0.4, -0.2) is 39.6 Å². The zero-order valence-corrected chi connectivity index (χ0v) is 20.5. The largest absolute Gasteiger partial charge is 0.466 e. The molecule has 0 unspecified atom stereocenters. The SMILES string of the molecule is COC(=O)C1=C[C@@H]2CCC(=O)[C@@](CO[Si](C(C)C)(C(C)C)C(C)C)(C2=O)C1(C)C. The molecule has 2 aliphatic carbocycles. The number of carbonyl (C=O) groups excluding carboxylic acids is 3. The Bertz CT molecular complexity index is 697. The highest BCUT2D eigenvalue weighted by Gasteiger charge is 2.65. The van der Waals surface area contributed by atoms with Gasteiger partial charge in [-0.1, -0.05) is 61.5 Å². The predicted molar refractivity (Wildman–Crippen MR) is 116 cm³/mol. The molecule has 0 aromatic carbocycles. The van der Waals surface area contributed by atoms with Crippen LogP contribution in [-0.2, 0) is 23.5 Å². The molecule has 0 saturated heterocycles. The lowest BCUT2D eigenvalue weighted by Gasteiger charge is -2.53. The second-order valence-electron chi connectivity index (χ2n) is 10.1. The third-order valence-corrected chi connectivity index (χ3v) is 13.7. The molecular weight excluding hydrogens is 384 g/mol. The molecule has 29 heavy (non-hydrogen) atoms. The Balaban J connectivity index is 2.60. The van der Waals surface area contributed by atoms with Crippen LogP contribution >= 0.6 is 0 Å². The van der Waals surface area contributed by atoms with E-state index in [-0.39, 0.29) is 18.2 Å². The first-order valence-corrected chi connectivity index (χ1v) is 13.0. The molecule has 1 fully saturated rings. The van der Waals surface area contributed by atoms with E-state index in [0.29, 0.717) is 35.0 Å². The number of ether oxygens (including phenoxy) is 1. The van der Waals surface area contributed by atoms with E-state index in [1.807, 2.05) is 13.8 Å². The van der Waals surface area contributed by atoms with Crippen LogP contribution in [0.15, 0.2) is 11.6 Å². The van der Waals surface area contributed by atoms with Gasteiger partial charge >= 0.3 is 5.97 Å². The fourth-order valence-corrected chi connectivity index (χ4v) is 11.5. The lowest BCUT2D eigenvalue weighted by atomic mass is 9.49. The minimum absolute atomic E-state index is 0.0588. The minimum atomic E-state index is -2.29. The summed E-state index contributed by atoms with van der Waals surface area (Å²) in [6.07, 6.45) is 2.53. The Kier molecular flexibility index (Phi) is 6.71. The van der Waals surface area contributed by atoms with E-state index >= 15 is 0 Å². The van der Waals surface area contributed by atoms with Crippen LogP contribution in [0.4, 0.5) is 0 Å². The molecule has 0 aliphatic heterocycles. The highest BCUT2D eigenvalue weighted by atomic mass is 28.4. The number of esters is 1. The molecule has 2 bridgehead atoms. The van der Waals surface area contributed by atoms with Crippen molar-refractivity contribution in [2.75, 3.05) is 13.7 Å². The Morgan fingerprint density at radius 1 is 1.10 bits per heavy atom. The van der Waals surface area contributed by atoms with Crippen LogP contribution in [0.1, 0.15) is 68.2 Å². The van der Waals surface area contributed by atoms with E-state index in [2.05, 4.69) is 41.5 Å². The van der Waals surface area contributed by atoms with Gasteiger partial charge in [0.05, 0.1) is 13.7 Å². The van der Waals surface area contributed by atoms with E-state index in [9.17, 15) is 14.4 Å². The van der Waals surface area contributed by atoms with E-state index in [1.165, 1.54) is 7.11 Å². The van der Waals surface area contributed by atoms with Gasteiger partial charge in [0.25, 0.3) is 0 Å². The first-order chi connectivity index (χ1) is 13.3. The molecule has 1 saturated carbocycles. The zero-order valence-electron chi connectivity index (χ0n) is 19.5. The number of fused-ring (bicyclic) bond motifs is 2. The molecule has 6 heteroatoms. The molecule has 0 spiro atoms. The smallest absolute Gasteiger partial charge is 0.334 e. The van der Waals surface area contributed by atoms with Crippen LogP contribution in [0, 0.1) is 16.7 Å². The monoisotopic (exact) mass is 422 g/mol. The molecule has 0 aromatic heterocycles. The second kappa shape index (κ2) is 8.10. The predicted octanol–water partition coefficient (Wildman–Crippen LogP) is 4.85. The molecule has 5 nitrogen and oxygen atoms in total. The summed E-state index contributed by atoms with van der Waals surface area (Å²) >= 11 is 0. The maximum atomic E-state index is 13.6. The molecule has 164 valence electrons. The average Bonchev–Trinajstić information content (AvgIpc) is 2.61. The van der Waals surface area contributed by atoms with Crippen molar-refractivity contribution < 1.29 is 23.5 Å². The van der Waals surface area contributed by atoms with Gasteiger partial charge < -0.3 is 9.16 Å². The van der Waals surface area contributed by atoms with Gasteiger partial charge in [0.2, 0.25) is 0 Å². The lowest BCUT2D eigenvalue weighted by Crippen LogP contribution is -2.63. The molecule has 0 N–H and O–H groups in total. The van der Waals surface area contributed by atoms with Crippen molar-refractivity contribution >= 4 is 25.9 Å². The van der Waals surface area contributed by atoms with Crippen molar-refractivity contribution in [2.45, 2.75) is 84.9 Å². The Morgan fingerprint density at radius 2 is 1.62 bits per heavy atom. The summed E-state index contributed by atoms with van der Waals surface area (Å²) in [5.74, 6) is -1.08. The second-order valence-corrected chi connectivity index (χ2v) is 15.6. The normalized spacial score (nSPS) is 26.9. The maximum absolute atomic E-state index is 13.6. The Morgan fingerprint density at radius 3 is 2.07 bits per heavy atom. The third-order valence-electron chi connectivity index (χ3n) is 7.68. The summed E-state index contributed by atoms with van der Waals surface area (Å²) < 4.78 is 11.8. The number of carbonyl (C=O) groups is 3. The van der Waals surface area contributed by atoms with Gasteiger partial charge in [0.15, 0.2) is 14.1 Å².